The van der Waals surface area contributed by atoms with E-state index in [1.807, 2.05) is 4.57 Å². The Labute approximate surface area is 135 Å². The van der Waals surface area contributed by atoms with Gasteiger partial charge in [0.05, 0.1) is 0 Å². The molecule has 0 saturated carbocycles. The number of benzene rings is 1. The molecule has 6 heteroatoms. The maximum absolute atomic E-state index is 3.88. The first kappa shape index (κ1) is 14.4. The first-order valence-corrected chi connectivity index (χ1v) is 8.28. The number of aromatic amines is 1. The number of aryl methyl sites for hydroxylation is 1. The van der Waals surface area contributed by atoms with Crippen molar-refractivity contribution in [3.63, 3.8) is 0 Å². The van der Waals surface area contributed by atoms with Crippen LogP contribution in [0, 0.1) is 0 Å². The second-order valence-electron chi connectivity index (χ2n) is 6.11. The number of piperazine rings is 1. The Hall–Kier alpha value is -2.18. The van der Waals surface area contributed by atoms with E-state index in [1.165, 1.54) is 42.5 Å². The lowest BCUT2D eigenvalue weighted by Gasteiger charge is -2.26. The van der Waals surface area contributed by atoms with Crippen LogP contribution in [-0.4, -0.2) is 57.4 Å². The fourth-order valence-electron chi connectivity index (χ4n) is 3.30. The summed E-state index contributed by atoms with van der Waals surface area (Å²) >= 11 is 0. The average Bonchev–Trinajstić information content (AvgIpc) is 3.25. The van der Waals surface area contributed by atoms with Crippen LogP contribution in [0.1, 0.15) is 12.0 Å². The molecule has 0 aliphatic carbocycles. The van der Waals surface area contributed by atoms with Crippen molar-refractivity contribution in [1.29, 1.82) is 0 Å². The molecule has 1 aromatic carbocycles. The zero-order chi connectivity index (χ0) is 15.5. The molecule has 3 aromatic rings. The van der Waals surface area contributed by atoms with Gasteiger partial charge in [0.2, 0.25) is 0 Å². The monoisotopic (exact) mass is 310 g/mol. The van der Waals surface area contributed by atoms with Crippen LogP contribution in [0.2, 0.25) is 0 Å². The van der Waals surface area contributed by atoms with Gasteiger partial charge < -0.3 is 15.2 Å². The van der Waals surface area contributed by atoms with Gasteiger partial charge in [0.25, 0.3) is 0 Å². The zero-order valence-corrected chi connectivity index (χ0v) is 13.2. The van der Waals surface area contributed by atoms with Crippen LogP contribution in [-0.2, 0) is 6.42 Å². The van der Waals surface area contributed by atoms with Gasteiger partial charge in [-0.3, -0.25) is 4.57 Å². The third-order valence-electron chi connectivity index (χ3n) is 4.60. The maximum atomic E-state index is 3.88. The summed E-state index contributed by atoms with van der Waals surface area (Å²) in [6.45, 7) is 5.77. The summed E-state index contributed by atoms with van der Waals surface area (Å²) in [5.74, 6) is 0. The van der Waals surface area contributed by atoms with Crippen molar-refractivity contribution >= 4 is 10.9 Å². The van der Waals surface area contributed by atoms with E-state index < -0.39 is 0 Å². The molecule has 0 atom stereocenters. The number of aromatic nitrogens is 4. The molecule has 6 nitrogen and oxygen atoms in total. The Kier molecular flexibility index (Phi) is 4.08. The summed E-state index contributed by atoms with van der Waals surface area (Å²) in [5, 5.41) is 12.5. The molecule has 1 aliphatic heterocycles. The number of fused-ring (bicyclic) bond motifs is 1. The standard InChI is InChI=1S/C17H22N6/c1(7-22-8-5-18-6-9-22)2-14-11-19-17-4-3-15(10-16(14)17)23-12-20-21-13-23/h3-4,10-13,18-19H,1-2,5-9H2. The predicted octanol–water partition coefficient (Wildman–Crippen LogP) is 1.59. The molecule has 0 spiro atoms. The largest absolute Gasteiger partial charge is 0.361 e. The van der Waals surface area contributed by atoms with E-state index in [0.29, 0.717) is 0 Å². The summed E-state index contributed by atoms with van der Waals surface area (Å²) in [6, 6.07) is 6.44. The lowest BCUT2D eigenvalue weighted by Crippen LogP contribution is -2.43. The Bertz CT molecular complexity index is 755. The molecule has 0 unspecified atom stereocenters. The number of nitrogens with one attached hydrogen (secondary N) is 2. The second-order valence-corrected chi connectivity index (χ2v) is 6.11. The van der Waals surface area contributed by atoms with Crippen molar-refractivity contribution in [2.24, 2.45) is 0 Å². The lowest BCUT2D eigenvalue weighted by atomic mass is 10.1. The second kappa shape index (κ2) is 6.52. The SMILES string of the molecule is c1cc2[nH]cc(CCCN3CCNCC3)c2cc1-n1cnnc1. The number of nitrogens with zero attached hydrogens (tertiary/aromatic N) is 4. The van der Waals surface area contributed by atoms with Gasteiger partial charge in [0.15, 0.2) is 0 Å². The first-order valence-electron chi connectivity index (χ1n) is 8.28. The normalized spacial score (nSPS) is 16.2. The highest BCUT2D eigenvalue weighted by molar-refractivity contribution is 5.85. The zero-order valence-electron chi connectivity index (χ0n) is 13.2. The topological polar surface area (TPSA) is 61.8 Å². The van der Waals surface area contributed by atoms with E-state index in [2.05, 4.69) is 49.8 Å². The molecule has 4 rings (SSSR count). The highest BCUT2D eigenvalue weighted by Gasteiger charge is 2.10. The van der Waals surface area contributed by atoms with Crippen LogP contribution in [0.25, 0.3) is 16.6 Å². The number of hydrogen-bond acceptors (Lipinski definition) is 4. The quantitative estimate of drug-likeness (QED) is 0.751. The maximum Gasteiger partial charge on any atom is 0.123 e. The summed E-state index contributed by atoms with van der Waals surface area (Å²) in [4.78, 5) is 5.93. The number of rotatable bonds is 5. The minimum Gasteiger partial charge on any atom is -0.361 e. The van der Waals surface area contributed by atoms with Gasteiger partial charge >= 0.3 is 0 Å². The third kappa shape index (κ3) is 3.13. The Morgan fingerprint density at radius 2 is 1.91 bits per heavy atom. The number of H-pyrrole nitrogens is 1. The summed E-state index contributed by atoms with van der Waals surface area (Å²) < 4.78 is 1.94. The van der Waals surface area contributed by atoms with E-state index >= 15 is 0 Å². The fourth-order valence-corrected chi connectivity index (χ4v) is 3.30. The van der Waals surface area contributed by atoms with Crippen LogP contribution in [0.5, 0.6) is 0 Å². The molecule has 1 saturated heterocycles. The van der Waals surface area contributed by atoms with E-state index in [9.17, 15) is 0 Å². The van der Waals surface area contributed by atoms with Crippen molar-refractivity contribution < 1.29 is 0 Å². The summed E-state index contributed by atoms with van der Waals surface area (Å²) in [7, 11) is 0. The van der Waals surface area contributed by atoms with E-state index in [1.54, 1.807) is 12.7 Å². The van der Waals surface area contributed by atoms with Crippen LogP contribution in [0.15, 0.2) is 37.1 Å². The van der Waals surface area contributed by atoms with Crippen LogP contribution in [0.4, 0.5) is 0 Å². The van der Waals surface area contributed by atoms with Crippen molar-refractivity contribution in [3.8, 4) is 5.69 Å². The number of hydrogen-bond donors (Lipinski definition) is 2. The third-order valence-corrected chi connectivity index (χ3v) is 4.60. The minimum absolute atomic E-state index is 1.10. The van der Waals surface area contributed by atoms with Gasteiger partial charge in [-0.05, 0) is 43.1 Å². The van der Waals surface area contributed by atoms with Gasteiger partial charge in [-0.25, -0.2) is 0 Å². The molecule has 1 fully saturated rings. The smallest absolute Gasteiger partial charge is 0.123 e. The van der Waals surface area contributed by atoms with Crippen molar-refractivity contribution in [2.45, 2.75) is 12.8 Å². The molecule has 23 heavy (non-hydrogen) atoms. The summed E-state index contributed by atoms with van der Waals surface area (Å²) in [6.07, 6.45) is 7.92. The highest BCUT2D eigenvalue weighted by Crippen LogP contribution is 2.22. The molecule has 1 aliphatic rings. The highest BCUT2D eigenvalue weighted by atomic mass is 15.2. The molecule has 0 amide bonds. The Balaban J connectivity index is 1.47. The molecule has 2 N–H and O–H groups in total. The first-order chi connectivity index (χ1) is 11.4. The van der Waals surface area contributed by atoms with Gasteiger partial charge in [-0.1, -0.05) is 0 Å². The molecule has 2 aromatic heterocycles. The fraction of sp³-hybridized carbons (Fsp3) is 0.412. The molecular weight excluding hydrogens is 288 g/mol. The van der Waals surface area contributed by atoms with E-state index in [0.717, 1.165) is 25.2 Å². The van der Waals surface area contributed by atoms with Gasteiger partial charge in [0.1, 0.15) is 12.7 Å². The van der Waals surface area contributed by atoms with Gasteiger partial charge in [-0.15, -0.1) is 10.2 Å². The molecule has 0 bridgehead atoms. The van der Waals surface area contributed by atoms with Crippen LogP contribution >= 0.6 is 0 Å². The van der Waals surface area contributed by atoms with Crippen molar-refractivity contribution in [2.75, 3.05) is 32.7 Å². The van der Waals surface area contributed by atoms with Gasteiger partial charge in [-0.2, -0.15) is 0 Å². The Morgan fingerprint density at radius 1 is 1.09 bits per heavy atom. The van der Waals surface area contributed by atoms with Crippen LogP contribution < -0.4 is 5.32 Å². The molecule has 3 heterocycles. The van der Waals surface area contributed by atoms with Gasteiger partial charge in [0, 0.05) is 49.0 Å². The average molecular weight is 310 g/mol. The van der Waals surface area contributed by atoms with Crippen LogP contribution in [0.3, 0.4) is 0 Å². The lowest BCUT2D eigenvalue weighted by molar-refractivity contribution is 0.238. The molecular formula is C17H22N6. The minimum atomic E-state index is 1.10. The van der Waals surface area contributed by atoms with E-state index in [4.69, 9.17) is 0 Å². The Morgan fingerprint density at radius 3 is 2.74 bits per heavy atom. The summed E-state index contributed by atoms with van der Waals surface area (Å²) in [5.41, 5.74) is 3.69. The molecule has 0 radical (unpaired) electrons. The van der Waals surface area contributed by atoms with Crippen molar-refractivity contribution in [1.82, 2.24) is 30.0 Å². The molecule has 120 valence electrons. The van der Waals surface area contributed by atoms with Crippen molar-refractivity contribution in [3.05, 3.63) is 42.6 Å². The predicted molar refractivity (Wildman–Crippen MR) is 90.8 cm³/mol. The van der Waals surface area contributed by atoms with E-state index in [-0.39, 0.29) is 0 Å².